The van der Waals surface area contributed by atoms with E-state index in [0.29, 0.717) is 10.8 Å². The molecule has 0 heteroatoms. The molecular formula is C32H48. The number of fused-ring (bicyclic) bond motifs is 2. The van der Waals surface area contributed by atoms with Gasteiger partial charge in [0.15, 0.2) is 0 Å². The Bertz CT molecular complexity index is 945. The molecule has 0 N–H and O–H groups in total. The van der Waals surface area contributed by atoms with Gasteiger partial charge in [-0.15, -0.1) is 0 Å². The second-order valence-electron chi connectivity index (χ2n) is 12.9. The van der Waals surface area contributed by atoms with Gasteiger partial charge in [-0.05, 0) is 127 Å². The van der Waals surface area contributed by atoms with Gasteiger partial charge in [0.25, 0.3) is 0 Å². The molecule has 0 heterocycles. The Hall–Kier alpha value is -1.56. The summed E-state index contributed by atoms with van der Waals surface area (Å²) in [5.41, 5.74) is 13.1. The third-order valence-electron chi connectivity index (χ3n) is 8.24. The number of hydrogen-bond donors (Lipinski definition) is 0. The van der Waals surface area contributed by atoms with Gasteiger partial charge in [-0.2, -0.15) is 0 Å². The van der Waals surface area contributed by atoms with E-state index >= 15 is 0 Å². The van der Waals surface area contributed by atoms with Crippen LogP contribution in [0.5, 0.6) is 0 Å². The van der Waals surface area contributed by atoms with Gasteiger partial charge in [-0.3, -0.25) is 0 Å². The molecular weight excluding hydrogens is 384 g/mol. The zero-order valence-electron chi connectivity index (χ0n) is 22.7. The molecule has 2 unspecified atom stereocenters. The van der Waals surface area contributed by atoms with Crippen LogP contribution in [0.2, 0.25) is 0 Å². The predicted octanol–water partition coefficient (Wildman–Crippen LogP) is 9.54. The molecule has 0 bridgehead atoms. The van der Waals surface area contributed by atoms with Gasteiger partial charge in [0.05, 0.1) is 0 Å². The fourth-order valence-electron chi connectivity index (χ4n) is 5.95. The topological polar surface area (TPSA) is 0 Å². The minimum absolute atomic E-state index is 0.390. The minimum Gasteiger partial charge on any atom is -0.0596 e. The van der Waals surface area contributed by atoms with Crippen molar-refractivity contribution in [1.29, 1.82) is 0 Å². The van der Waals surface area contributed by atoms with Crippen LogP contribution < -0.4 is 0 Å². The molecule has 0 aliphatic heterocycles. The maximum Gasteiger partial charge on any atom is -0.0107 e. The summed E-state index contributed by atoms with van der Waals surface area (Å²) in [7, 11) is 0. The largest absolute Gasteiger partial charge is 0.0596 e. The summed E-state index contributed by atoms with van der Waals surface area (Å²) in [5, 5.41) is 0. The SMILES string of the molecule is Cc1cc2c(cc1C)C(C(C)(C)C)CC2.Cc1cc2c(cc1C)C(C(C)(C)C)CCCC2. The first kappa shape index (κ1) is 25.1. The number of rotatable bonds is 0. The third-order valence-corrected chi connectivity index (χ3v) is 8.24. The Morgan fingerprint density at radius 2 is 0.938 bits per heavy atom. The van der Waals surface area contributed by atoms with Gasteiger partial charge >= 0.3 is 0 Å². The fourth-order valence-corrected chi connectivity index (χ4v) is 5.95. The zero-order chi connectivity index (χ0) is 23.8. The van der Waals surface area contributed by atoms with Crippen molar-refractivity contribution in [3.63, 3.8) is 0 Å². The standard InChI is InChI=1S/C17H26.C15H22/c1-12-10-14-8-6-7-9-16(17(3,4)5)15(14)11-13(12)2;1-10-8-12-6-7-14(15(3,4)5)13(12)9-11(10)2/h10-11,16H,6-9H2,1-5H3;8-9,14H,6-7H2,1-5H3. The lowest BCUT2D eigenvalue weighted by molar-refractivity contribution is 0.302. The summed E-state index contributed by atoms with van der Waals surface area (Å²) in [6.45, 7) is 23.2. The normalized spacial score (nSPS) is 20.7. The lowest BCUT2D eigenvalue weighted by Gasteiger charge is -2.32. The summed E-state index contributed by atoms with van der Waals surface area (Å²) >= 11 is 0. The monoisotopic (exact) mass is 432 g/mol. The molecule has 0 aromatic heterocycles. The van der Waals surface area contributed by atoms with Gasteiger partial charge in [0.1, 0.15) is 0 Å². The van der Waals surface area contributed by atoms with Crippen LogP contribution >= 0.6 is 0 Å². The van der Waals surface area contributed by atoms with E-state index in [0.717, 1.165) is 11.8 Å². The number of hydrogen-bond acceptors (Lipinski definition) is 0. The summed E-state index contributed by atoms with van der Waals surface area (Å²) < 4.78 is 0. The molecule has 0 fully saturated rings. The van der Waals surface area contributed by atoms with E-state index in [-0.39, 0.29) is 0 Å². The van der Waals surface area contributed by atoms with E-state index in [9.17, 15) is 0 Å². The molecule has 32 heavy (non-hydrogen) atoms. The van der Waals surface area contributed by atoms with Crippen molar-refractivity contribution in [2.24, 2.45) is 10.8 Å². The van der Waals surface area contributed by atoms with Crippen LogP contribution in [0.15, 0.2) is 24.3 Å². The lowest BCUT2D eigenvalue weighted by atomic mass is 9.73. The highest BCUT2D eigenvalue weighted by atomic mass is 14.4. The van der Waals surface area contributed by atoms with E-state index in [2.05, 4.69) is 93.5 Å². The first-order chi connectivity index (χ1) is 14.8. The maximum absolute atomic E-state index is 2.46. The summed E-state index contributed by atoms with van der Waals surface area (Å²) in [6.07, 6.45) is 8.00. The van der Waals surface area contributed by atoms with Gasteiger partial charge in [0.2, 0.25) is 0 Å². The highest BCUT2D eigenvalue weighted by molar-refractivity contribution is 5.43. The molecule has 0 amide bonds. The van der Waals surface area contributed by atoms with Crippen LogP contribution in [-0.2, 0) is 12.8 Å². The Kier molecular flexibility index (Phi) is 7.33. The van der Waals surface area contributed by atoms with Crippen molar-refractivity contribution >= 4 is 0 Å². The molecule has 0 saturated heterocycles. The van der Waals surface area contributed by atoms with Crippen molar-refractivity contribution in [2.45, 2.75) is 120 Å². The molecule has 2 aromatic carbocycles. The summed E-state index contributed by atoms with van der Waals surface area (Å²) in [4.78, 5) is 0. The molecule has 2 aromatic rings. The highest BCUT2D eigenvalue weighted by Crippen LogP contribution is 2.45. The second kappa shape index (κ2) is 9.36. The molecule has 0 radical (unpaired) electrons. The maximum atomic E-state index is 2.46. The van der Waals surface area contributed by atoms with Crippen LogP contribution in [0.25, 0.3) is 0 Å². The van der Waals surface area contributed by atoms with Crippen molar-refractivity contribution in [2.75, 3.05) is 0 Å². The van der Waals surface area contributed by atoms with E-state index in [1.807, 2.05) is 0 Å². The van der Waals surface area contributed by atoms with Crippen LogP contribution in [0.4, 0.5) is 0 Å². The average Bonchev–Trinajstić information content (AvgIpc) is 2.95. The number of benzene rings is 2. The summed E-state index contributed by atoms with van der Waals surface area (Å²) in [5.74, 6) is 1.49. The van der Waals surface area contributed by atoms with Crippen molar-refractivity contribution in [3.05, 3.63) is 68.8 Å². The van der Waals surface area contributed by atoms with Crippen molar-refractivity contribution < 1.29 is 0 Å². The predicted molar refractivity (Wildman–Crippen MR) is 142 cm³/mol. The minimum atomic E-state index is 0.390. The molecule has 176 valence electrons. The molecule has 0 nitrogen and oxygen atoms in total. The molecule has 0 spiro atoms. The van der Waals surface area contributed by atoms with Gasteiger partial charge in [-0.25, -0.2) is 0 Å². The third kappa shape index (κ3) is 5.49. The Labute approximate surface area is 199 Å². The zero-order valence-corrected chi connectivity index (χ0v) is 22.7. The number of aryl methyl sites for hydroxylation is 6. The van der Waals surface area contributed by atoms with Crippen molar-refractivity contribution in [1.82, 2.24) is 0 Å². The van der Waals surface area contributed by atoms with Gasteiger partial charge in [-0.1, -0.05) is 72.2 Å². The lowest BCUT2D eigenvalue weighted by Crippen LogP contribution is -2.19. The molecule has 4 rings (SSSR count). The Morgan fingerprint density at radius 1 is 0.531 bits per heavy atom. The first-order valence-corrected chi connectivity index (χ1v) is 13.0. The molecule has 2 atom stereocenters. The van der Waals surface area contributed by atoms with Crippen LogP contribution in [-0.4, -0.2) is 0 Å². The molecule has 2 aliphatic carbocycles. The van der Waals surface area contributed by atoms with E-state index < -0.39 is 0 Å². The van der Waals surface area contributed by atoms with Crippen LogP contribution in [0.1, 0.15) is 124 Å². The highest BCUT2D eigenvalue weighted by Gasteiger charge is 2.32. The van der Waals surface area contributed by atoms with Gasteiger partial charge < -0.3 is 0 Å². The fraction of sp³-hybridized carbons (Fsp3) is 0.625. The van der Waals surface area contributed by atoms with Crippen molar-refractivity contribution in [3.8, 4) is 0 Å². The first-order valence-electron chi connectivity index (χ1n) is 13.0. The van der Waals surface area contributed by atoms with Gasteiger partial charge in [0, 0.05) is 0 Å². The van der Waals surface area contributed by atoms with Crippen LogP contribution in [0.3, 0.4) is 0 Å². The molecule has 2 aliphatic rings. The van der Waals surface area contributed by atoms with Crippen LogP contribution in [0, 0.1) is 38.5 Å². The van der Waals surface area contributed by atoms with E-state index in [1.54, 1.807) is 22.3 Å². The molecule has 0 saturated carbocycles. The smallest absolute Gasteiger partial charge is 0.0107 e. The Morgan fingerprint density at radius 3 is 1.41 bits per heavy atom. The summed E-state index contributed by atoms with van der Waals surface area (Å²) in [6, 6.07) is 9.73. The Balaban J connectivity index is 0.000000182. The van der Waals surface area contributed by atoms with E-state index in [4.69, 9.17) is 0 Å². The van der Waals surface area contributed by atoms with E-state index in [1.165, 1.54) is 60.8 Å². The quantitative estimate of drug-likeness (QED) is 0.363. The second-order valence-corrected chi connectivity index (χ2v) is 12.9. The average molecular weight is 433 g/mol.